The minimum absolute atomic E-state index is 0.120. The van der Waals surface area contributed by atoms with E-state index in [1.807, 2.05) is 54.6 Å². The van der Waals surface area contributed by atoms with Crippen LogP contribution in [0.2, 0.25) is 0 Å². The first-order valence-electron chi connectivity index (χ1n) is 15.0. The lowest BCUT2D eigenvalue weighted by molar-refractivity contribution is -0.141. The van der Waals surface area contributed by atoms with Gasteiger partial charge < -0.3 is 9.84 Å². The lowest BCUT2D eigenvalue weighted by Gasteiger charge is -2.50. The Hall–Kier alpha value is -4.46. The molecule has 2 unspecified atom stereocenters. The van der Waals surface area contributed by atoms with Gasteiger partial charge in [0.15, 0.2) is 0 Å². The van der Waals surface area contributed by atoms with Crippen molar-refractivity contribution in [2.75, 3.05) is 0 Å². The molecular weight excluding hydrogens is 572 g/mol. The van der Waals surface area contributed by atoms with Crippen LogP contribution >= 0.6 is 0 Å². The molecule has 9 rings (SSSR count). The van der Waals surface area contributed by atoms with Gasteiger partial charge >= 0.3 is 5.97 Å². The van der Waals surface area contributed by atoms with Gasteiger partial charge in [-0.25, -0.2) is 0 Å². The number of carbonyl (C=O) groups excluding carboxylic acids is 1. The number of phenolic OH excluding ortho intramolecular Hbond substituents is 1. The van der Waals surface area contributed by atoms with Crippen LogP contribution in [0.3, 0.4) is 0 Å². The van der Waals surface area contributed by atoms with Gasteiger partial charge in [0.2, 0.25) is 0 Å². The summed E-state index contributed by atoms with van der Waals surface area (Å²) in [4.78, 5) is 14.5. The maximum absolute atomic E-state index is 14.6. The van der Waals surface area contributed by atoms with Crippen LogP contribution in [-0.4, -0.2) is 24.0 Å². The summed E-state index contributed by atoms with van der Waals surface area (Å²) in [5.41, 5.74) is 6.34. The molecule has 0 radical (unpaired) electrons. The van der Waals surface area contributed by atoms with E-state index in [4.69, 9.17) is 4.74 Å². The minimum Gasteiger partial charge on any atom is -0.508 e. The van der Waals surface area contributed by atoms with Crippen LogP contribution in [0.4, 0.5) is 0 Å². The Morgan fingerprint density at radius 3 is 1.84 bits per heavy atom. The zero-order chi connectivity index (χ0) is 30.2. The normalized spacial score (nSPS) is 21.8. The Morgan fingerprint density at radius 2 is 1.23 bits per heavy atom. The summed E-state index contributed by atoms with van der Waals surface area (Å²) in [6, 6.07) is 31.0. The van der Waals surface area contributed by atoms with E-state index in [0.717, 1.165) is 45.9 Å². The topological polar surface area (TPSA) is 101 Å². The second-order valence-electron chi connectivity index (χ2n) is 12.1. The van der Waals surface area contributed by atoms with Gasteiger partial charge in [0.25, 0.3) is 10.1 Å². The lowest BCUT2D eigenvalue weighted by Crippen LogP contribution is -2.44. The Balaban J connectivity index is 1.32. The third kappa shape index (κ3) is 4.10. The Kier molecular flexibility index (Phi) is 6.19. The van der Waals surface area contributed by atoms with Crippen LogP contribution in [0, 0.1) is 5.92 Å². The fourth-order valence-corrected chi connectivity index (χ4v) is 8.94. The van der Waals surface area contributed by atoms with Gasteiger partial charge in [-0.2, -0.15) is 8.42 Å². The third-order valence-corrected chi connectivity index (χ3v) is 10.8. The lowest BCUT2D eigenvalue weighted by atomic mass is 9.52. The first-order chi connectivity index (χ1) is 21.3. The molecule has 0 fully saturated rings. The highest BCUT2D eigenvalue weighted by Crippen LogP contribution is 2.63. The molecule has 0 saturated heterocycles. The Bertz CT molecular complexity index is 2050. The SMILES string of the molecule is O=C(Oc1ccc(S(=O)(=O)O)c2c1CCCC2)C1C2c3ccccc3C(c3ccccc32)C1c1cc2ccccc2cc1O. The van der Waals surface area contributed by atoms with E-state index >= 15 is 0 Å². The molecule has 4 aliphatic carbocycles. The van der Waals surface area contributed by atoms with Crippen LogP contribution in [0.15, 0.2) is 102 Å². The van der Waals surface area contributed by atoms with E-state index in [0.29, 0.717) is 35.3 Å². The van der Waals surface area contributed by atoms with E-state index in [-0.39, 0.29) is 22.5 Å². The summed E-state index contributed by atoms with van der Waals surface area (Å²) in [6.45, 7) is 0. The molecule has 0 aliphatic heterocycles. The smallest absolute Gasteiger partial charge is 0.315 e. The molecule has 0 amide bonds. The number of hydrogen-bond acceptors (Lipinski definition) is 5. The molecule has 7 heteroatoms. The maximum Gasteiger partial charge on any atom is 0.315 e. The largest absolute Gasteiger partial charge is 0.508 e. The highest BCUT2D eigenvalue weighted by Gasteiger charge is 2.54. The molecule has 0 aromatic heterocycles. The van der Waals surface area contributed by atoms with Gasteiger partial charge in [0.05, 0.1) is 10.8 Å². The van der Waals surface area contributed by atoms with E-state index in [2.05, 4.69) is 24.3 Å². The molecule has 220 valence electrons. The van der Waals surface area contributed by atoms with E-state index in [9.17, 15) is 22.9 Å². The summed E-state index contributed by atoms with van der Waals surface area (Å²) >= 11 is 0. The minimum atomic E-state index is -4.42. The van der Waals surface area contributed by atoms with Gasteiger partial charge in [-0.05, 0) is 99.7 Å². The number of benzene rings is 5. The molecule has 0 heterocycles. The molecule has 4 aliphatic rings. The Morgan fingerprint density at radius 1 is 0.682 bits per heavy atom. The summed E-state index contributed by atoms with van der Waals surface area (Å²) in [6.07, 6.45) is 2.65. The second-order valence-corrected chi connectivity index (χ2v) is 13.5. The molecule has 6 nitrogen and oxygen atoms in total. The number of phenols is 1. The van der Waals surface area contributed by atoms with Crippen molar-refractivity contribution in [3.05, 3.63) is 136 Å². The first kappa shape index (κ1) is 27.1. The average molecular weight is 603 g/mol. The van der Waals surface area contributed by atoms with E-state index in [1.54, 1.807) is 6.07 Å². The van der Waals surface area contributed by atoms with Crippen LogP contribution in [0.1, 0.15) is 69.5 Å². The monoisotopic (exact) mass is 602 g/mol. The molecule has 2 N–H and O–H groups in total. The summed E-state index contributed by atoms with van der Waals surface area (Å²) < 4.78 is 40.5. The third-order valence-electron chi connectivity index (χ3n) is 9.90. The molecule has 44 heavy (non-hydrogen) atoms. The van der Waals surface area contributed by atoms with Crippen LogP contribution in [0.25, 0.3) is 10.8 Å². The van der Waals surface area contributed by atoms with E-state index < -0.39 is 27.9 Å². The van der Waals surface area contributed by atoms with Crippen LogP contribution in [-0.2, 0) is 27.8 Å². The predicted octanol–water partition coefficient (Wildman–Crippen LogP) is 7.27. The van der Waals surface area contributed by atoms with Gasteiger partial charge in [-0.3, -0.25) is 9.35 Å². The molecule has 5 aromatic rings. The van der Waals surface area contributed by atoms with Crippen molar-refractivity contribution in [2.24, 2.45) is 5.92 Å². The van der Waals surface area contributed by atoms with Crippen molar-refractivity contribution >= 4 is 26.9 Å². The highest BCUT2D eigenvalue weighted by atomic mass is 32.2. The van der Waals surface area contributed by atoms with Crippen molar-refractivity contribution in [3.63, 3.8) is 0 Å². The number of rotatable bonds is 4. The fraction of sp³-hybridized carbons (Fsp3) is 0.216. The highest BCUT2D eigenvalue weighted by molar-refractivity contribution is 7.85. The molecule has 0 spiro atoms. The van der Waals surface area contributed by atoms with Gasteiger partial charge in [-0.1, -0.05) is 72.8 Å². The van der Waals surface area contributed by atoms with E-state index in [1.165, 1.54) is 12.1 Å². The maximum atomic E-state index is 14.6. The Labute approximate surface area is 255 Å². The number of hydrogen-bond donors (Lipinski definition) is 2. The number of ether oxygens (including phenoxy) is 1. The number of fused-ring (bicyclic) bond motifs is 3. The van der Waals surface area contributed by atoms with Gasteiger partial charge in [0, 0.05) is 17.8 Å². The van der Waals surface area contributed by atoms with Crippen molar-refractivity contribution < 1.29 is 27.6 Å². The van der Waals surface area contributed by atoms with Crippen LogP contribution < -0.4 is 4.74 Å². The molecular formula is C37H30O6S. The van der Waals surface area contributed by atoms with Crippen molar-refractivity contribution in [1.29, 1.82) is 0 Å². The predicted molar refractivity (Wildman–Crippen MR) is 167 cm³/mol. The standard InChI is InChI=1S/C37H30O6S/c38-30-20-22-10-2-1-9-21(22)19-29(30)35-33-25-13-5-7-15-27(25)34(28-16-8-6-14-26(28)33)36(35)37(39)43-31-17-18-32(44(40,41)42)24-12-4-3-11-23(24)31/h1-2,5-10,13-20,33-36,38H,3-4,11-12H2,(H,40,41,42). The quantitative estimate of drug-likeness (QED) is 0.128. The van der Waals surface area contributed by atoms with Crippen molar-refractivity contribution in [2.45, 2.75) is 48.3 Å². The molecule has 2 atom stereocenters. The van der Waals surface area contributed by atoms with Gasteiger partial charge in [0.1, 0.15) is 11.5 Å². The second kappa shape index (κ2) is 10.0. The van der Waals surface area contributed by atoms with Crippen molar-refractivity contribution in [3.8, 4) is 11.5 Å². The number of esters is 1. The summed E-state index contributed by atoms with van der Waals surface area (Å²) in [5.74, 6) is -1.50. The fourth-order valence-electron chi connectivity index (χ4n) is 8.16. The molecule has 0 saturated carbocycles. The van der Waals surface area contributed by atoms with Crippen molar-refractivity contribution in [1.82, 2.24) is 0 Å². The average Bonchev–Trinajstić information content (AvgIpc) is 3.03. The zero-order valence-electron chi connectivity index (χ0n) is 23.8. The van der Waals surface area contributed by atoms with Gasteiger partial charge in [-0.15, -0.1) is 0 Å². The number of carbonyl (C=O) groups is 1. The number of aromatic hydroxyl groups is 1. The first-order valence-corrected chi connectivity index (χ1v) is 16.5. The molecule has 2 bridgehead atoms. The molecule has 5 aromatic carbocycles. The summed E-state index contributed by atoms with van der Waals surface area (Å²) in [7, 11) is -4.42. The summed E-state index contributed by atoms with van der Waals surface area (Å²) in [5, 5.41) is 13.4. The van der Waals surface area contributed by atoms with Crippen LogP contribution in [0.5, 0.6) is 11.5 Å². The zero-order valence-corrected chi connectivity index (χ0v) is 24.6.